The molecule has 0 saturated carbocycles. The largest absolute Gasteiger partial charge is 0.507 e. The second-order valence-electron chi connectivity index (χ2n) is 36.1. The summed E-state index contributed by atoms with van der Waals surface area (Å²) in [6.45, 7) is 31.4. The molecule has 2 unspecified atom stereocenters. The van der Waals surface area contributed by atoms with E-state index in [-0.39, 0.29) is 180 Å². The van der Waals surface area contributed by atoms with Gasteiger partial charge in [-0.2, -0.15) is 0 Å². The molecule has 0 bridgehead atoms. The number of fused-ring (bicyclic) bond motifs is 10. The van der Waals surface area contributed by atoms with Crippen molar-refractivity contribution in [3.63, 3.8) is 0 Å². The number of phenols is 2. The van der Waals surface area contributed by atoms with Crippen molar-refractivity contribution in [3.05, 3.63) is 233 Å². The summed E-state index contributed by atoms with van der Waals surface area (Å²) in [6, 6.07) is 34.5. The molecule has 30 nitrogen and oxygen atoms in total. The molecule has 15 rings (SSSR count). The molecule has 0 aromatic heterocycles. The summed E-state index contributed by atoms with van der Waals surface area (Å²) in [6.07, 6.45) is 0.309. The number of ether oxygens (including phenoxy) is 18. The molecule has 10 aromatic carbocycles. The molecule has 0 spiro atoms. The lowest BCUT2D eigenvalue weighted by molar-refractivity contribution is 0.0444. The van der Waals surface area contributed by atoms with Gasteiger partial charge in [0.1, 0.15) is 118 Å². The van der Waals surface area contributed by atoms with E-state index in [1.165, 1.54) is 40.6 Å². The number of aliphatic hydroxyl groups is 2. The lowest BCUT2D eigenvalue weighted by Gasteiger charge is -2.24. The van der Waals surface area contributed by atoms with Gasteiger partial charge in [0.25, 0.3) is 0 Å². The van der Waals surface area contributed by atoms with Crippen molar-refractivity contribution in [2.24, 2.45) is 29.6 Å². The number of esters is 5. The maximum absolute atomic E-state index is 12.9. The fraction of sp³-hybridized carbons (Fsp3) is 0.376. The van der Waals surface area contributed by atoms with Gasteiger partial charge in [0.15, 0.2) is 74.8 Å². The second-order valence-corrected chi connectivity index (χ2v) is 36.1. The Kier molecular flexibility index (Phi) is 36.7. The number of carbonyl (C=O) groups excluding carboxylic acids is 8. The summed E-state index contributed by atoms with van der Waals surface area (Å²) in [5, 5.41) is 42.2. The summed E-state index contributed by atoms with van der Waals surface area (Å²) in [7, 11) is 10.6. The molecule has 0 aliphatic carbocycles. The Morgan fingerprint density at radius 2 is 0.564 bits per heavy atom. The molecule has 0 saturated heterocycles. The van der Waals surface area contributed by atoms with E-state index in [4.69, 9.17) is 85.3 Å². The van der Waals surface area contributed by atoms with Gasteiger partial charge in [0.2, 0.25) is 0 Å². The first-order valence-electron chi connectivity index (χ1n) is 45.7. The minimum absolute atomic E-state index is 0. The molecule has 3 radical (unpaired) electrons. The maximum atomic E-state index is 12.9. The number of aromatic hydroxyl groups is 2. The molecular weight excluding hydrogens is 1800 g/mol. The first kappa shape index (κ1) is 108. The van der Waals surface area contributed by atoms with Crippen LogP contribution in [-0.4, -0.2) is 132 Å². The number of phenolic OH excluding ortho intramolecular Hbond substituents is 2. The summed E-state index contributed by atoms with van der Waals surface area (Å²) < 4.78 is 101. The number of aliphatic hydroxyl groups excluding tert-OH is 2. The van der Waals surface area contributed by atoms with Crippen LogP contribution in [-0.2, 0) is 56.7 Å². The molecule has 5 aliphatic rings. The molecular formula is C109H122BO30. The van der Waals surface area contributed by atoms with Crippen molar-refractivity contribution in [2.75, 3.05) is 56.4 Å². The fourth-order valence-electron chi connectivity index (χ4n) is 16.3. The predicted octanol–water partition coefficient (Wildman–Crippen LogP) is 22.6. The van der Waals surface area contributed by atoms with Crippen LogP contribution < -0.4 is 61.6 Å². The highest BCUT2D eigenvalue weighted by molar-refractivity contribution is 6.08. The van der Waals surface area contributed by atoms with Gasteiger partial charge < -0.3 is 106 Å². The minimum Gasteiger partial charge on any atom is -0.507 e. The highest BCUT2D eigenvalue weighted by Crippen LogP contribution is 2.51. The van der Waals surface area contributed by atoms with Crippen molar-refractivity contribution in [2.45, 2.75) is 188 Å². The van der Waals surface area contributed by atoms with E-state index in [1.807, 2.05) is 165 Å². The van der Waals surface area contributed by atoms with Crippen LogP contribution in [0.15, 0.2) is 121 Å². The Morgan fingerprint density at radius 1 is 0.314 bits per heavy atom. The summed E-state index contributed by atoms with van der Waals surface area (Å²) in [5.74, 6) is 3.32. The molecule has 0 fully saturated rings. The monoisotopic (exact) mass is 1920 g/mol. The fourth-order valence-corrected chi connectivity index (χ4v) is 16.3. The molecule has 5 heterocycles. The summed E-state index contributed by atoms with van der Waals surface area (Å²) in [5.41, 5.74) is 9.97. The number of hydrogen-bond acceptors (Lipinski definition) is 30. The van der Waals surface area contributed by atoms with Crippen molar-refractivity contribution < 1.29 is 144 Å². The summed E-state index contributed by atoms with van der Waals surface area (Å²) in [4.78, 5) is 101. The number of benzene rings is 10. The first-order valence-corrected chi connectivity index (χ1v) is 45.7. The Bertz CT molecular complexity index is 6300. The molecule has 4 N–H and O–H groups in total. The SMILES string of the molecule is CCOc1c(C(=O)CC(C)C)ccc2c1C(=O)OCc1cc(C)cc(OC)c1O2.COc1cc(C)cc2c1Oc1ccc(C(=O)CC(C)C)c(O)c1C(=O)OC2.COc1cc(C)cc2c1Oc1ccc(C(=O)CC(C)C)c(OC)c1C(=O)OC2.COc1cc(C)cc2c1Oc1ccc(C(O)CC(C)C)c(O)c1C(=O)OC2.COc1cc(C)cc2c1Oc1ccc(C(O)CC(C)C)c(OC)c1C(=O)OC2.[B]. The van der Waals surface area contributed by atoms with Crippen LogP contribution in [0.4, 0.5) is 0 Å². The number of methoxy groups -OCH3 is 7. The number of rotatable bonds is 24. The van der Waals surface area contributed by atoms with Gasteiger partial charge in [-0.3, -0.25) is 14.4 Å². The third kappa shape index (κ3) is 25.0. The second kappa shape index (κ2) is 47.7. The number of hydrogen-bond donors (Lipinski definition) is 4. The Hall–Kier alpha value is -14.5. The van der Waals surface area contributed by atoms with Crippen molar-refractivity contribution in [1.82, 2.24) is 0 Å². The highest BCUT2D eigenvalue weighted by Gasteiger charge is 2.38. The van der Waals surface area contributed by atoms with Crippen molar-refractivity contribution in [1.29, 1.82) is 0 Å². The molecule has 5 aliphatic heterocycles. The van der Waals surface area contributed by atoms with Crippen LogP contribution in [0, 0.1) is 64.2 Å². The molecule has 31 heteroatoms. The van der Waals surface area contributed by atoms with Crippen LogP contribution >= 0.6 is 0 Å². The van der Waals surface area contributed by atoms with E-state index in [9.17, 15) is 58.8 Å². The smallest absolute Gasteiger partial charge is 0.346 e. The minimum atomic E-state index is -0.891. The number of Topliss-reactive ketones (excluding diaryl/α,β-unsaturated/α-hetero) is 3. The van der Waals surface area contributed by atoms with Gasteiger partial charge in [0.05, 0.1) is 85.3 Å². The quantitative estimate of drug-likeness (QED) is 0.0189. The maximum Gasteiger partial charge on any atom is 0.346 e. The van der Waals surface area contributed by atoms with Gasteiger partial charge in [-0.15, -0.1) is 0 Å². The van der Waals surface area contributed by atoms with Gasteiger partial charge in [-0.05, 0) is 233 Å². The number of cyclic esters (lactones) is 5. The average Bonchev–Trinajstić information content (AvgIpc) is 0.833. The zero-order valence-corrected chi connectivity index (χ0v) is 83.3. The van der Waals surface area contributed by atoms with E-state index in [0.717, 1.165) is 33.4 Å². The van der Waals surface area contributed by atoms with E-state index in [1.54, 1.807) is 76.8 Å². The van der Waals surface area contributed by atoms with E-state index in [0.29, 0.717) is 134 Å². The van der Waals surface area contributed by atoms with Crippen molar-refractivity contribution in [3.8, 4) is 115 Å². The number of ketones is 3. The Morgan fingerprint density at radius 3 is 0.857 bits per heavy atom. The topological polar surface area (TPSA) is 384 Å². The number of aryl methyl sites for hydroxylation is 5. The van der Waals surface area contributed by atoms with E-state index < -0.39 is 47.8 Å². The van der Waals surface area contributed by atoms with Gasteiger partial charge in [-0.1, -0.05) is 69.2 Å². The molecule has 10 aromatic rings. The van der Waals surface area contributed by atoms with Crippen LogP contribution in [0.1, 0.15) is 270 Å². The number of carbonyl (C=O) groups is 8. The van der Waals surface area contributed by atoms with Crippen LogP contribution in [0.5, 0.6) is 115 Å². The molecule has 2 atom stereocenters. The third-order valence-electron chi connectivity index (χ3n) is 22.5. The predicted molar refractivity (Wildman–Crippen MR) is 520 cm³/mol. The van der Waals surface area contributed by atoms with Gasteiger partial charge in [-0.25, -0.2) is 24.0 Å². The zero-order valence-electron chi connectivity index (χ0n) is 83.3. The Labute approximate surface area is 817 Å². The average molecular weight is 1920 g/mol. The lowest BCUT2D eigenvalue weighted by atomic mass is 9.96. The van der Waals surface area contributed by atoms with Gasteiger partial charge in [0, 0.05) is 66.6 Å². The van der Waals surface area contributed by atoms with E-state index in [2.05, 4.69) is 0 Å². The van der Waals surface area contributed by atoms with Crippen molar-refractivity contribution >= 4 is 55.6 Å². The molecule has 0 amide bonds. The van der Waals surface area contributed by atoms with E-state index >= 15 is 0 Å². The van der Waals surface area contributed by atoms with Crippen LogP contribution in [0.3, 0.4) is 0 Å². The highest BCUT2D eigenvalue weighted by atomic mass is 16.6. The normalized spacial score (nSPS) is 13.3. The molecule has 741 valence electrons. The lowest BCUT2D eigenvalue weighted by Crippen LogP contribution is -2.16. The first-order chi connectivity index (χ1) is 66.2. The van der Waals surface area contributed by atoms with Crippen LogP contribution in [0.25, 0.3) is 0 Å². The summed E-state index contributed by atoms with van der Waals surface area (Å²) >= 11 is 0. The van der Waals surface area contributed by atoms with Gasteiger partial charge >= 0.3 is 29.8 Å². The third-order valence-corrected chi connectivity index (χ3v) is 22.5. The van der Waals surface area contributed by atoms with Crippen LogP contribution in [0.2, 0.25) is 0 Å². The Balaban J connectivity index is 0.000000180. The molecule has 140 heavy (non-hydrogen) atoms. The zero-order chi connectivity index (χ0) is 101. The standard InChI is InChI=1S/C23H26O6.C22H26O6.C22H24O6.C21H24O6.C21H22O6.B/c1-6-27-22-16(17(24)9-13(2)3)7-8-18-20(22)23(25)28-12-15-10-14(4)11-19(26-5)21(15)29-18;2*1-12(2)8-16(23)15-6-7-17-19(21(15)26-5)22(24)27-11-14-9-13(3)10-18(25-4)20(14)28-17;2*1-11(2)7-15(22)14-5-6-16-18(19(14)23)21(24)26-10-13-8-12(3)9-17(25-4)20(13)27-16;/h7-8,10-11,13H,6,9,12H2,1-5H3;6-7,9-10,12,16,23H,8,11H2,1-5H3;6-7,9-10,12H,8,11H2,1-5H3;5-6,8-9,11,15,22-23H,7,10H2,1-4H3;5-6,8-9,11,23H,7,10H2,1-4H3;.